The summed E-state index contributed by atoms with van der Waals surface area (Å²) in [5, 5.41) is 2.80. The topological polar surface area (TPSA) is 0 Å². The highest BCUT2D eigenvalue weighted by Crippen LogP contribution is 2.65. The van der Waals surface area contributed by atoms with Crippen molar-refractivity contribution in [1.29, 1.82) is 1.23 Å². The Kier molecular flexibility index (Phi) is 5.63. The Morgan fingerprint density at radius 1 is 0.692 bits per heavy atom. The van der Waals surface area contributed by atoms with Crippen molar-refractivity contribution in [2.24, 2.45) is 10.8 Å². The summed E-state index contributed by atoms with van der Waals surface area (Å²) >= 11 is 0. The average molecular weight is 412 g/mol. The van der Waals surface area contributed by atoms with Gasteiger partial charge in [0.1, 0.15) is 0 Å². The van der Waals surface area contributed by atoms with Gasteiger partial charge in [-0.3, -0.25) is 0 Å². The van der Waals surface area contributed by atoms with Crippen LogP contribution in [0.3, 0.4) is 0 Å². The minimum atomic E-state index is -2.34. The van der Waals surface area contributed by atoms with Gasteiger partial charge in [-0.05, 0) is 26.1 Å². The van der Waals surface area contributed by atoms with E-state index in [2.05, 4.69) is 109 Å². The lowest BCUT2D eigenvalue weighted by Gasteiger charge is -2.64. The van der Waals surface area contributed by atoms with Gasteiger partial charge in [-0.1, -0.05) is 120 Å². The van der Waals surface area contributed by atoms with Crippen LogP contribution in [0.1, 0.15) is 83.1 Å². The maximum atomic E-state index is 10.4. The molecule has 0 aromatic carbocycles. The molecular formula is C23H50Si3. The molecule has 0 aromatic rings. The van der Waals surface area contributed by atoms with Crippen LogP contribution in [0.15, 0.2) is 10.8 Å². The monoisotopic (exact) mass is 411 g/mol. The smallest absolute Gasteiger partial charge is 0.0651 e. The fraction of sp³-hybridized carbons (Fsp3) is 0.913. The molecule has 154 valence electrons. The minimum absolute atomic E-state index is 0.116. The molecule has 0 radical (unpaired) electrons. The Bertz CT molecular complexity index is 616. The van der Waals surface area contributed by atoms with E-state index in [0.29, 0.717) is 10.2 Å². The fourth-order valence-electron chi connectivity index (χ4n) is 4.35. The summed E-state index contributed by atoms with van der Waals surface area (Å²) in [7, 11) is -5.84. The first-order valence-corrected chi connectivity index (χ1v) is 19.3. The van der Waals surface area contributed by atoms with Crippen molar-refractivity contribution in [3.8, 4) is 0 Å². The van der Waals surface area contributed by atoms with E-state index < -0.39 is 23.9 Å². The number of rotatable bonds is 2. The minimum Gasteiger partial charge on any atom is -0.0817 e. The Balaban J connectivity index is 4.06. The molecule has 0 fully saturated rings. The van der Waals surface area contributed by atoms with Crippen LogP contribution in [0.25, 0.3) is 0 Å². The van der Waals surface area contributed by atoms with Gasteiger partial charge in [0.05, 0.1) is 16.3 Å². The summed E-state index contributed by atoms with van der Waals surface area (Å²) in [6.45, 7) is 39.4. The molecule has 0 aromatic heterocycles. The summed E-state index contributed by atoms with van der Waals surface area (Å²) in [5.74, 6) is 0. The van der Waals surface area contributed by atoms with E-state index in [4.69, 9.17) is 0 Å². The Hall–Kier alpha value is 0.391. The third-order valence-corrected chi connectivity index (χ3v) is 32.8. The van der Waals surface area contributed by atoms with Gasteiger partial charge >= 0.3 is 0 Å². The molecule has 1 aliphatic heterocycles. The van der Waals surface area contributed by atoms with Crippen LogP contribution in [0.2, 0.25) is 41.4 Å². The molecule has 0 saturated carbocycles. The highest BCUT2D eigenvalue weighted by atomic mass is 29.2. The molecule has 0 saturated heterocycles. The van der Waals surface area contributed by atoms with Gasteiger partial charge in [0, 0.05) is 8.83 Å². The quantitative estimate of drug-likeness (QED) is 0.402. The summed E-state index contributed by atoms with van der Waals surface area (Å²) in [5.41, 5.74) is 1.99. The van der Waals surface area contributed by atoms with Crippen LogP contribution in [0.5, 0.6) is 0 Å². The van der Waals surface area contributed by atoms with Crippen LogP contribution >= 0.6 is 0 Å². The molecule has 3 heteroatoms. The first kappa shape index (κ1) is 22.7. The highest BCUT2D eigenvalue weighted by molar-refractivity contribution is 7.40. The normalized spacial score (nSPS) is 27.4. The van der Waals surface area contributed by atoms with Crippen molar-refractivity contribution in [3.63, 3.8) is 0 Å². The van der Waals surface area contributed by atoms with Gasteiger partial charge in [-0.15, -0.1) is 0 Å². The van der Waals surface area contributed by atoms with Gasteiger partial charge in [0.15, 0.2) is 0 Å². The van der Waals surface area contributed by atoms with Crippen molar-refractivity contribution in [2.45, 2.75) is 125 Å². The predicted molar refractivity (Wildman–Crippen MR) is 131 cm³/mol. The number of hydrogen-bond donors (Lipinski definition) is 0. The molecule has 2 unspecified atom stereocenters. The van der Waals surface area contributed by atoms with Crippen molar-refractivity contribution < 1.29 is 0 Å². The SMILES string of the molecule is [2H][Si]1([Si](C)(C)C(C)(C)C)C(C(C)(C)C)=C(C(C)(C)C)C1[Si](C)(C)C(C)(C)C. The lowest BCUT2D eigenvalue weighted by atomic mass is 9.80. The largest absolute Gasteiger partial charge is 0.0817 e. The average Bonchev–Trinajstić information content (AvgIpc) is 2.28. The zero-order valence-corrected chi connectivity index (χ0v) is 24.1. The first-order chi connectivity index (χ1) is 11.4. The van der Waals surface area contributed by atoms with Crippen molar-refractivity contribution in [3.05, 3.63) is 10.8 Å². The fourth-order valence-corrected chi connectivity index (χ4v) is 30.9. The Morgan fingerprint density at radius 3 is 1.31 bits per heavy atom. The third kappa shape index (κ3) is 3.91. The summed E-state index contributed by atoms with van der Waals surface area (Å²) < 4.78 is 10.4. The molecule has 0 nitrogen and oxygen atoms in total. The maximum absolute atomic E-state index is 10.4. The molecule has 0 aliphatic carbocycles. The first-order valence-electron chi connectivity index (χ1n) is 11.1. The van der Waals surface area contributed by atoms with Gasteiger partial charge in [-0.25, -0.2) is 0 Å². The molecule has 1 aliphatic rings. The van der Waals surface area contributed by atoms with E-state index in [9.17, 15) is 1.23 Å². The van der Waals surface area contributed by atoms with Crippen LogP contribution < -0.4 is 0 Å². The van der Waals surface area contributed by atoms with Crippen LogP contribution in [-0.2, 0) is 0 Å². The molecule has 0 spiro atoms. The molecular weight excluding hydrogens is 361 g/mol. The second kappa shape index (κ2) is 6.45. The van der Waals surface area contributed by atoms with Crippen molar-refractivity contribution in [1.82, 2.24) is 0 Å². The van der Waals surface area contributed by atoms with Crippen LogP contribution in [-0.4, -0.2) is 25.1 Å². The van der Waals surface area contributed by atoms with E-state index in [1.165, 1.54) is 0 Å². The molecule has 0 amide bonds. The Morgan fingerprint density at radius 2 is 1.08 bits per heavy atom. The zero-order valence-electron chi connectivity index (χ0n) is 22.1. The number of allylic oxidation sites excluding steroid dienone is 2. The van der Waals surface area contributed by atoms with E-state index in [0.717, 1.165) is 0 Å². The van der Waals surface area contributed by atoms with Gasteiger partial charge in [-0.2, -0.15) is 0 Å². The van der Waals surface area contributed by atoms with Crippen molar-refractivity contribution >= 4 is 23.9 Å². The standard InChI is InChI=1S/C23H50Si3/c1-20(2,3)17-18(21(4,5)6)24(26(15,16)23(10,11)12)19(17)25(13,14)22(7,8)9/h19,24H,1-16H3/i24D. The zero-order chi connectivity index (χ0) is 22.2. The Labute approximate surface area is 171 Å². The number of hydrogen-bond acceptors (Lipinski definition) is 0. The lowest BCUT2D eigenvalue weighted by Crippen LogP contribution is -2.69. The van der Waals surface area contributed by atoms with Gasteiger partial charge in [0.2, 0.25) is 0 Å². The molecule has 26 heavy (non-hydrogen) atoms. The summed E-state index contributed by atoms with van der Waals surface area (Å²) in [6, 6.07) is 0. The second-order valence-electron chi connectivity index (χ2n) is 14.0. The lowest BCUT2D eigenvalue weighted by molar-refractivity contribution is 0.438. The van der Waals surface area contributed by atoms with E-state index in [1.54, 1.807) is 10.8 Å². The molecule has 2 atom stereocenters. The summed E-state index contributed by atoms with van der Waals surface area (Å²) in [4.78, 5) is 0. The summed E-state index contributed by atoms with van der Waals surface area (Å²) in [6.07, 6.45) is 0. The van der Waals surface area contributed by atoms with Crippen molar-refractivity contribution in [2.75, 3.05) is 0 Å². The van der Waals surface area contributed by atoms with Crippen LogP contribution in [0, 0.1) is 10.8 Å². The second-order valence-corrected chi connectivity index (χ2v) is 32.1. The molecule has 0 bridgehead atoms. The van der Waals surface area contributed by atoms with E-state index >= 15 is 0 Å². The third-order valence-electron chi connectivity index (χ3n) is 7.88. The predicted octanol–water partition coefficient (Wildman–Crippen LogP) is 8.16. The van der Waals surface area contributed by atoms with Gasteiger partial charge in [0.25, 0.3) is 0 Å². The maximum Gasteiger partial charge on any atom is 0.0651 e. The van der Waals surface area contributed by atoms with E-state index in [-0.39, 0.29) is 15.9 Å². The van der Waals surface area contributed by atoms with Gasteiger partial charge < -0.3 is 0 Å². The molecule has 1 rings (SSSR count). The molecule has 1 heterocycles. The van der Waals surface area contributed by atoms with Crippen LogP contribution in [0.4, 0.5) is 0 Å². The molecule has 0 N–H and O–H groups in total. The highest BCUT2D eigenvalue weighted by Gasteiger charge is 2.63. The van der Waals surface area contributed by atoms with E-state index in [1.807, 2.05) is 0 Å².